The maximum atomic E-state index is 12.7. The third kappa shape index (κ3) is 3.85. The Hall–Kier alpha value is -2.29. The number of benzene rings is 1. The molecule has 4 N–H and O–H groups in total. The van der Waals surface area contributed by atoms with Crippen LogP contribution in [0.4, 0.5) is 20.2 Å². The van der Waals surface area contributed by atoms with Crippen molar-refractivity contribution in [3.63, 3.8) is 0 Å². The van der Waals surface area contributed by atoms with E-state index >= 15 is 0 Å². The predicted octanol–water partition coefficient (Wildman–Crippen LogP) is 0.790. The highest BCUT2D eigenvalue weighted by Gasteiger charge is 2.19. The number of nitrogens with one attached hydrogen (secondary N) is 1. The maximum Gasteiger partial charge on any atom is 0.270 e. The number of nitrogens with two attached hydrogens (primary N) is 1. The summed E-state index contributed by atoms with van der Waals surface area (Å²) in [5, 5.41) is 22.0. The van der Waals surface area contributed by atoms with Crippen molar-refractivity contribution in [1.29, 1.82) is 0 Å². The summed E-state index contributed by atoms with van der Waals surface area (Å²) in [6.45, 7) is -0.368. The molecule has 1 amide bonds. The lowest BCUT2D eigenvalue weighted by atomic mass is 10.1. The molecule has 19 heavy (non-hydrogen) atoms. The Morgan fingerprint density at radius 2 is 2.16 bits per heavy atom. The van der Waals surface area contributed by atoms with Gasteiger partial charge in [-0.25, -0.2) is 8.78 Å². The molecule has 7 nitrogen and oxygen atoms in total. The minimum absolute atomic E-state index is 0.110. The smallest absolute Gasteiger partial charge is 0.270 e. The minimum atomic E-state index is -2.94. The van der Waals surface area contributed by atoms with Crippen molar-refractivity contribution in [3.8, 4) is 0 Å². The molecule has 0 saturated carbocycles. The number of nitro groups is 1. The van der Waals surface area contributed by atoms with Crippen molar-refractivity contribution in [2.75, 3.05) is 11.9 Å². The van der Waals surface area contributed by atoms with Gasteiger partial charge in [0.1, 0.15) is 6.10 Å². The van der Waals surface area contributed by atoms with Crippen LogP contribution in [0.3, 0.4) is 0 Å². The first-order chi connectivity index (χ1) is 8.82. The molecule has 1 aromatic rings. The van der Waals surface area contributed by atoms with Crippen LogP contribution in [0, 0.1) is 10.1 Å². The zero-order chi connectivity index (χ0) is 14.6. The molecule has 0 aromatic heterocycles. The number of non-ortho nitro benzene ring substituents is 1. The summed E-state index contributed by atoms with van der Waals surface area (Å²) in [7, 11) is 0. The Bertz CT molecular complexity index is 496. The molecule has 1 rings (SSSR count). The molecule has 1 atom stereocenters. The van der Waals surface area contributed by atoms with Gasteiger partial charge in [-0.3, -0.25) is 14.9 Å². The number of nitro benzene ring substituents is 1. The summed E-state index contributed by atoms with van der Waals surface area (Å²) in [5.74, 6) is -1.01. The molecular weight excluding hydrogens is 264 g/mol. The molecule has 0 aliphatic rings. The fourth-order valence-corrected chi connectivity index (χ4v) is 1.31. The molecule has 0 fully saturated rings. The highest BCUT2D eigenvalue weighted by molar-refractivity contribution is 5.79. The molecule has 1 aromatic carbocycles. The first-order valence-corrected chi connectivity index (χ1v) is 5.10. The number of primary amides is 1. The van der Waals surface area contributed by atoms with Gasteiger partial charge >= 0.3 is 0 Å². The predicted molar refractivity (Wildman–Crippen MR) is 61.7 cm³/mol. The average molecular weight is 275 g/mol. The van der Waals surface area contributed by atoms with Crippen LogP contribution in [0.1, 0.15) is 12.0 Å². The number of carbonyl (C=O) groups is 1. The van der Waals surface area contributed by atoms with Crippen molar-refractivity contribution < 1.29 is 23.6 Å². The van der Waals surface area contributed by atoms with Crippen LogP contribution in [0.15, 0.2) is 18.2 Å². The van der Waals surface area contributed by atoms with Gasteiger partial charge in [0.05, 0.1) is 4.92 Å². The van der Waals surface area contributed by atoms with Crippen molar-refractivity contribution in [2.24, 2.45) is 5.73 Å². The Morgan fingerprint density at radius 1 is 1.53 bits per heavy atom. The molecule has 9 heteroatoms. The summed E-state index contributed by atoms with van der Waals surface area (Å²) in [5.41, 5.74) is 3.62. The van der Waals surface area contributed by atoms with Crippen LogP contribution in [-0.2, 0) is 4.79 Å². The summed E-state index contributed by atoms with van der Waals surface area (Å²) in [6.07, 6.45) is -4.48. The number of rotatable bonds is 6. The second-order valence-corrected chi connectivity index (χ2v) is 3.63. The number of nitrogens with zero attached hydrogens (tertiary/aromatic N) is 1. The molecular formula is C10H11F2N3O4. The summed E-state index contributed by atoms with van der Waals surface area (Å²) in [6, 6.07) is 2.84. The van der Waals surface area contributed by atoms with Gasteiger partial charge in [-0.15, -0.1) is 0 Å². The van der Waals surface area contributed by atoms with Crippen LogP contribution < -0.4 is 11.1 Å². The van der Waals surface area contributed by atoms with Gasteiger partial charge in [0.25, 0.3) is 12.1 Å². The molecule has 1 unspecified atom stereocenters. The molecule has 0 heterocycles. The molecule has 0 spiro atoms. The van der Waals surface area contributed by atoms with Gasteiger partial charge in [0.2, 0.25) is 5.91 Å². The molecule has 0 radical (unpaired) electrons. The molecule has 0 aliphatic heterocycles. The van der Waals surface area contributed by atoms with Crippen molar-refractivity contribution >= 4 is 17.3 Å². The van der Waals surface area contributed by atoms with Crippen molar-refractivity contribution in [2.45, 2.75) is 12.5 Å². The van der Waals surface area contributed by atoms with E-state index < -0.39 is 34.6 Å². The number of aliphatic hydroxyl groups is 1. The molecule has 0 aliphatic carbocycles. The van der Waals surface area contributed by atoms with Gasteiger partial charge in [-0.1, -0.05) is 0 Å². The first-order valence-electron chi connectivity index (χ1n) is 5.10. The van der Waals surface area contributed by atoms with E-state index in [1.54, 1.807) is 0 Å². The van der Waals surface area contributed by atoms with Crippen molar-refractivity contribution in [1.82, 2.24) is 0 Å². The van der Waals surface area contributed by atoms with E-state index in [-0.39, 0.29) is 12.2 Å². The summed E-state index contributed by atoms with van der Waals surface area (Å²) >= 11 is 0. The third-order valence-electron chi connectivity index (χ3n) is 2.30. The quantitative estimate of drug-likeness (QED) is 0.524. The molecule has 104 valence electrons. The lowest BCUT2D eigenvalue weighted by molar-refractivity contribution is -0.385. The van der Waals surface area contributed by atoms with E-state index in [0.717, 1.165) is 18.2 Å². The number of anilines is 1. The maximum absolute atomic E-state index is 12.7. The van der Waals surface area contributed by atoms with Gasteiger partial charge in [0, 0.05) is 29.9 Å². The number of carbonyl (C=O) groups excluding carboxylic acids is 1. The van der Waals surface area contributed by atoms with Crippen LogP contribution in [0.25, 0.3) is 0 Å². The highest BCUT2D eigenvalue weighted by atomic mass is 19.3. The lowest BCUT2D eigenvalue weighted by Gasteiger charge is -2.13. The number of halogens is 2. The lowest BCUT2D eigenvalue weighted by Crippen LogP contribution is -2.34. The zero-order valence-electron chi connectivity index (χ0n) is 9.55. The SMILES string of the molecule is NC(=O)C(O)CNc1ccc([N+](=O)[O-])cc1C(F)F. The Labute approximate surface area is 106 Å². The number of hydrogen-bond acceptors (Lipinski definition) is 5. The van der Waals surface area contributed by atoms with Gasteiger partial charge in [-0.05, 0) is 6.07 Å². The second kappa shape index (κ2) is 6.05. The van der Waals surface area contributed by atoms with Gasteiger partial charge in [0.15, 0.2) is 0 Å². The normalized spacial score (nSPS) is 12.2. The van der Waals surface area contributed by atoms with E-state index in [4.69, 9.17) is 10.8 Å². The van der Waals surface area contributed by atoms with E-state index in [9.17, 15) is 23.7 Å². The Morgan fingerprint density at radius 3 is 2.63 bits per heavy atom. The number of amides is 1. The zero-order valence-corrected chi connectivity index (χ0v) is 9.55. The van der Waals surface area contributed by atoms with Crippen LogP contribution in [-0.4, -0.2) is 28.6 Å². The second-order valence-electron chi connectivity index (χ2n) is 3.63. The van der Waals surface area contributed by atoms with Gasteiger partial charge < -0.3 is 16.2 Å². The fraction of sp³-hybridized carbons (Fsp3) is 0.300. The third-order valence-corrected chi connectivity index (χ3v) is 2.30. The van der Waals surface area contributed by atoms with E-state index in [1.165, 1.54) is 0 Å². The monoisotopic (exact) mass is 275 g/mol. The standard InChI is InChI=1S/C10H11F2N3O4/c11-9(12)6-3-5(15(18)19)1-2-7(6)14-4-8(16)10(13)17/h1-3,8-9,14,16H,4H2,(H2,13,17). The Kier molecular flexibility index (Phi) is 4.70. The number of hydrogen-bond donors (Lipinski definition) is 3. The molecule has 0 bridgehead atoms. The average Bonchev–Trinajstić information content (AvgIpc) is 2.35. The Balaban J connectivity index is 2.94. The fourth-order valence-electron chi connectivity index (χ4n) is 1.31. The molecule has 0 saturated heterocycles. The van der Waals surface area contributed by atoms with Crippen molar-refractivity contribution in [3.05, 3.63) is 33.9 Å². The van der Waals surface area contributed by atoms with Gasteiger partial charge in [-0.2, -0.15) is 0 Å². The minimum Gasteiger partial charge on any atom is -0.381 e. The van der Waals surface area contributed by atoms with E-state index in [2.05, 4.69) is 5.32 Å². The summed E-state index contributed by atoms with van der Waals surface area (Å²) in [4.78, 5) is 20.3. The first kappa shape index (κ1) is 14.8. The van der Waals surface area contributed by atoms with Crippen LogP contribution in [0.2, 0.25) is 0 Å². The number of aliphatic hydroxyl groups excluding tert-OH is 1. The topological polar surface area (TPSA) is 118 Å². The number of alkyl halides is 2. The highest BCUT2D eigenvalue weighted by Crippen LogP contribution is 2.30. The van der Waals surface area contributed by atoms with Crippen LogP contribution >= 0.6 is 0 Å². The van der Waals surface area contributed by atoms with E-state index in [1.807, 2.05) is 0 Å². The van der Waals surface area contributed by atoms with E-state index in [0.29, 0.717) is 0 Å². The summed E-state index contributed by atoms with van der Waals surface area (Å²) < 4.78 is 25.5. The largest absolute Gasteiger partial charge is 0.381 e. The van der Waals surface area contributed by atoms with Crippen LogP contribution in [0.5, 0.6) is 0 Å².